The predicted octanol–water partition coefficient (Wildman–Crippen LogP) is 0.391. The second kappa shape index (κ2) is 6.08. The monoisotopic (exact) mass is 214 g/mol. The molecule has 1 aliphatic carbocycles. The zero-order valence-corrected chi connectivity index (χ0v) is 9.41. The van der Waals surface area contributed by atoms with Gasteiger partial charge in [0.15, 0.2) is 0 Å². The van der Waals surface area contributed by atoms with Gasteiger partial charge in [0.2, 0.25) is 5.91 Å². The molecule has 4 heteroatoms. The first-order valence-corrected chi connectivity index (χ1v) is 5.84. The first-order chi connectivity index (χ1) is 7.13. The first kappa shape index (κ1) is 12.5. The molecule has 3 atom stereocenters. The fourth-order valence-electron chi connectivity index (χ4n) is 2.05. The van der Waals surface area contributed by atoms with Crippen LogP contribution < -0.4 is 11.1 Å². The van der Waals surface area contributed by atoms with E-state index in [2.05, 4.69) is 5.32 Å². The van der Waals surface area contributed by atoms with Crippen LogP contribution in [0.1, 0.15) is 39.0 Å². The molecule has 0 aromatic heterocycles. The van der Waals surface area contributed by atoms with E-state index < -0.39 is 0 Å². The predicted molar refractivity (Wildman–Crippen MR) is 59.2 cm³/mol. The van der Waals surface area contributed by atoms with Gasteiger partial charge in [0.25, 0.3) is 0 Å². The molecule has 1 rings (SSSR count). The minimum Gasteiger partial charge on any atom is -0.393 e. The highest BCUT2D eigenvalue weighted by Gasteiger charge is 2.23. The molecule has 0 spiro atoms. The molecule has 0 aromatic rings. The van der Waals surface area contributed by atoms with E-state index in [-0.39, 0.29) is 18.1 Å². The number of carbonyl (C=O) groups excluding carboxylic acids is 1. The summed E-state index contributed by atoms with van der Waals surface area (Å²) in [6, 6.07) is -0.374. The van der Waals surface area contributed by atoms with E-state index in [0.717, 1.165) is 32.1 Å². The Morgan fingerprint density at radius 2 is 2.33 bits per heavy atom. The third-order valence-corrected chi connectivity index (χ3v) is 3.01. The van der Waals surface area contributed by atoms with Gasteiger partial charge in [-0.05, 0) is 31.6 Å². The van der Waals surface area contributed by atoms with Crippen LogP contribution in [0.2, 0.25) is 0 Å². The van der Waals surface area contributed by atoms with E-state index in [1.54, 1.807) is 0 Å². The van der Waals surface area contributed by atoms with Gasteiger partial charge in [0.05, 0.1) is 12.1 Å². The van der Waals surface area contributed by atoms with E-state index >= 15 is 0 Å². The van der Waals surface area contributed by atoms with Crippen LogP contribution >= 0.6 is 0 Å². The molecule has 0 radical (unpaired) electrons. The van der Waals surface area contributed by atoms with Crippen LogP contribution in [0.25, 0.3) is 0 Å². The van der Waals surface area contributed by atoms with Crippen LogP contribution in [0.4, 0.5) is 0 Å². The largest absolute Gasteiger partial charge is 0.393 e. The van der Waals surface area contributed by atoms with Crippen LogP contribution in [-0.2, 0) is 4.79 Å². The highest BCUT2D eigenvalue weighted by atomic mass is 16.3. The Morgan fingerprint density at radius 3 is 2.87 bits per heavy atom. The molecule has 0 aliphatic heterocycles. The Hall–Kier alpha value is -0.610. The summed E-state index contributed by atoms with van der Waals surface area (Å²) in [7, 11) is 0. The second-order valence-electron chi connectivity index (χ2n) is 4.47. The van der Waals surface area contributed by atoms with Gasteiger partial charge in [-0.25, -0.2) is 0 Å². The minimum atomic E-state index is -0.374. The quantitative estimate of drug-likeness (QED) is 0.619. The Kier molecular flexibility index (Phi) is 5.05. The van der Waals surface area contributed by atoms with Crippen molar-refractivity contribution in [2.45, 2.75) is 51.2 Å². The topological polar surface area (TPSA) is 75.4 Å². The van der Waals surface area contributed by atoms with Gasteiger partial charge in [-0.1, -0.05) is 13.3 Å². The van der Waals surface area contributed by atoms with Gasteiger partial charge >= 0.3 is 0 Å². The standard InChI is InChI=1S/C11H22N2O2/c1-2-3-10(12)11(15)13-7-8-4-5-9(14)6-8/h8-10,14H,2-7,12H2,1H3,(H,13,15)/t8?,9?,10-/m0/s1. The van der Waals surface area contributed by atoms with Crippen molar-refractivity contribution >= 4 is 5.91 Å². The number of rotatable bonds is 5. The number of nitrogens with two attached hydrogens (primary N) is 1. The molecule has 4 nitrogen and oxygen atoms in total. The Morgan fingerprint density at radius 1 is 1.60 bits per heavy atom. The molecule has 0 heterocycles. The van der Waals surface area contributed by atoms with Gasteiger partial charge in [-0.15, -0.1) is 0 Å². The summed E-state index contributed by atoms with van der Waals surface area (Å²) in [4.78, 5) is 11.5. The van der Waals surface area contributed by atoms with E-state index in [1.807, 2.05) is 6.92 Å². The Labute approximate surface area is 91.2 Å². The molecule has 1 saturated carbocycles. The zero-order chi connectivity index (χ0) is 11.3. The SMILES string of the molecule is CCC[C@H](N)C(=O)NCC1CCC(O)C1. The number of aliphatic hydroxyl groups excluding tert-OH is 1. The maximum Gasteiger partial charge on any atom is 0.236 e. The fraction of sp³-hybridized carbons (Fsp3) is 0.909. The van der Waals surface area contributed by atoms with E-state index in [0.29, 0.717) is 12.5 Å². The van der Waals surface area contributed by atoms with Crippen molar-refractivity contribution in [2.24, 2.45) is 11.7 Å². The van der Waals surface area contributed by atoms with Gasteiger partial charge < -0.3 is 16.2 Å². The third kappa shape index (κ3) is 4.18. The molecule has 0 saturated heterocycles. The number of hydrogen-bond donors (Lipinski definition) is 3. The van der Waals surface area contributed by atoms with Crippen molar-refractivity contribution in [1.29, 1.82) is 0 Å². The normalized spacial score (nSPS) is 27.7. The molecule has 0 bridgehead atoms. The second-order valence-corrected chi connectivity index (χ2v) is 4.47. The molecular formula is C11H22N2O2. The van der Waals surface area contributed by atoms with Crippen molar-refractivity contribution in [3.8, 4) is 0 Å². The highest BCUT2D eigenvalue weighted by molar-refractivity contribution is 5.81. The molecule has 1 amide bonds. The fourth-order valence-corrected chi connectivity index (χ4v) is 2.05. The van der Waals surface area contributed by atoms with E-state index in [9.17, 15) is 9.90 Å². The van der Waals surface area contributed by atoms with Crippen LogP contribution in [0, 0.1) is 5.92 Å². The van der Waals surface area contributed by atoms with Crippen molar-refractivity contribution < 1.29 is 9.90 Å². The summed E-state index contributed by atoms with van der Waals surface area (Å²) >= 11 is 0. The van der Waals surface area contributed by atoms with Crippen molar-refractivity contribution in [3.63, 3.8) is 0 Å². The summed E-state index contributed by atoms with van der Waals surface area (Å²) in [5, 5.41) is 12.2. The average Bonchev–Trinajstić information content (AvgIpc) is 2.61. The summed E-state index contributed by atoms with van der Waals surface area (Å²) in [6.07, 6.45) is 4.17. The lowest BCUT2D eigenvalue weighted by Gasteiger charge is -2.14. The summed E-state index contributed by atoms with van der Waals surface area (Å²) in [6.45, 7) is 2.67. The molecular weight excluding hydrogens is 192 g/mol. The number of aliphatic hydroxyl groups is 1. The summed E-state index contributed by atoms with van der Waals surface area (Å²) < 4.78 is 0. The Bertz CT molecular complexity index is 209. The zero-order valence-electron chi connectivity index (χ0n) is 9.41. The lowest BCUT2D eigenvalue weighted by atomic mass is 10.1. The van der Waals surface area contributed by atoms with Crippen LogP contribution in [0.15, 0.2) is 0 Å². The van der Waals surface area contributed by atoms with Crippen molar-refractivity contribution in [2.75, 3.05) is 6.54 Å². The Balaban J connectivity index is 2.16. The van der Waals surface area contributed by atoms with Crippen molar-refractivity contribution in [1.82, 2.24) is 5.32 Å². The van der Waals surface area contributed by atoms with Crippen molar-refractivity contribution in [3.05, 3.63) is 0 Å². The van der Waals surface area contributed by atoms with Crippen LogP contribution in [-0.4, -0.2) is 29.7 Å². The third-order valence-electron chi connectivity index (χ3n) is 3.01. The number of hydrogen-bond acceptors (Lipinski definition) is 3. The molecule has 0 aromatic carbocycles. The first-order valence-electron chi connectivity index (χ1n) is 5.84. The molecule has 88 valence electrons. The van der Waals surface area contributed by atoms with E-state index in [1.165, 1.54) is 0 Å². The number of carbonyl (C=O) groups is 1. The van der Waals surface area contributed by atoms with Gasteiger partial charge in [-0.3, -0.25) is 4.79 Å². The molecule has 15 heavy (non-hydrogen) atoms. The van der Waals surface area contributed by atoms with Gasteiger partial charge in [-0.2, -0.15) is 0 Å². The average molecular weight is 214 g/mol. The molecule has 4 N–H and O–H groups in total. The number of nitrogens with one attached hydrogen (secondary N) is 1. The lowest BCUT2D eigenvalue weighted by Crippen LogP contribution is -2.42. The van der Waals surface area contributed by atoms with Gasteiger partial charge in [0.1, 0.15) is 0 Å². The molecule has 2 unspecified atom stereocenters. The smallest absolute Gasteiger partial charge is 0.236 e. The molecule has 1 aliphatic rings. The number of amides is 1. The van der Waals surface area contributed by atoms with Gasteiger partial charge in [0, 0.05) is 6.54 Å². The maximum absolute atomic E-state index is 11.5. The summed E-state index contributed by atoms with van der Waals surface area (Å²) in [5.74, 6) is 0.371. The van der Waals surface area contributed by atoms with Crippen LogP contribution in [0.5, 0.6) is 0 Å². The minimum absolute atomic E-state index is 0.0572. The molecule has 1 fully saturated rings. The lowest BCUT2D eigenvalue weighted by molar-refractivity contribution is -0.122. The maximum atomic E-state index is 11.5. The van der Waals surface area contributed by atoms with E-state index in [4.69, 9.17) is 5.73 Å². The summed E-state index contributed by atoms with van der Waals surface area (Å²) in [5.41, 5.74) is 5.68. The van der Waals surface area contributed by atoms with Crippen LogP contribution in [0.3, 0.4) is 0 Å². The highest BCUT2D eigenvalue weighted by Crippen LogP contribution is 2.24.